The Balaban J connectivity index is 2.04. The lowest BCUT2D eigenvalue weighted by molar-refractivity contribution is 0.413. The molecule has 2 aromatic rings. The highest BCUT2D eigenvalue weighted by molar-refractivity contribution is 5.62. The molecule has 0 saturated heterocycles. The van der Waals surface area contributed by atoms with Gasteiger partial charge in [0.25, 0.3) is 5.89 Å². The van der Waals surface area contributed by atoms with Crippen LogP contribution in [0.4, 0.5) is 0 Å². The zero-order chi connectivity index (χ0) is 13.5. The fourth-order valence-electron chi connectivity index (χ4n) is 1.83. The van der Waals surface area contributed by atoms with Gasteiger partial charge in [-0.05, 0) is 31.6 Å². The summed E-state index contributed by atoms with van der Waals surface area (Å²) < 4.78 is 10.9. The van der Waals surface area contributed by atoms with Crippen molar-refractivity contribution in [3.8, 4) is 17.2 Å². The minimum Gasteiger partial charge on any atom is -0.496 e. The molecule has 0 saturated carbocycles. The van der Waals surface area contributed by atoms with Gasteiger partial charge in [-0.25, -0.2) is 0 Å². The highest BCUT2D eigenvalue weighted by Crippen LogP contribution is 2.28. The number of nitrogens with zero attached hydrogens (tertiary/aromatic N) is 2. The number of hydrogen-bond acceptors (Lipinski definition) is 5. The number of aromatic nitrogens is 2. The van der Waals surface area contributed by atoms with E-state index in [1.165, 1.54) is 0 Å². The van der Waals surface area contributed by atoms with Gasteiger partial charge in [-0.3, -0.25) is 0 Å². The Kier molecular flexibility index (Phi) is 4.92. The minimum absolute atomic E-state index is 0.510. The van der Waals surface area contributed by atoms with Crippen LogP contribution in [0.2, 0.25) is 0 Å². The van der Waals surface area contributed by atoms with Gasteiger partial charge in [0, 0.05) is 6.42 Å². The van der Waals surface area contributed by atoms with Gasteiger partial charge in [0.15, 0.2) is 0 Å². The van der Waals surface area contributed by atoms with Crippen LogP contribution in [0.1, 0.15) is 19.2 Å². The normalized spacial score (nSPS) is 10.6. The highest BCUT2D eigenvalue weighted by atomic mass is 16.5. The Morgan fingerprint density at radius 1 is 1.26 bits per heavy atom. The Bertz CT molecular complexity index is 511. The van der Waals surface area contributed by atoms with Gasteiger partial charge in [0.1, 0.15) is 5.75 Å². The number of para-hydroxylation sites is 1. The van der Waals surface area contributed by atoms with Gasteiger partial charge in [0.2, 0.25) is 5.89 Å². The molecule has 0 aliphatic carbocycles. The van der Waals surface area contributed by atoms with Crippen LogP contribution in [-0.4, -0.2) is 30.4 Å². The van der Waals surface area contributed by atoms with Gasteiger partial charge < -0.3 is 14.5 Å². The zero-order valence-corrected chi connectivity index (χ0v) is 11.3. The molecule has 0 aliphatic rings. The second kappa shape index (κ2) is 6.89. The number of aryl methyl sites for hydroxylation is 1. The summed E-state index contributed by atoms with van der Waals surface area (Å²) in [7, 11) is 1.63. The Hall–Kier alpha value is -1.88. The maximum atomic E-state index is 5.66. The van der Waals surface area contributed by atoms with E-state index in [1.54, 1.807) is 7.11 Å². The zero-order valence-electron chi connectivity index (χ0n) is 11.3. The van der Waals surface area contributed by atoms with Crippen molar-refractivity contribution in [3.63, 3.8) is 0 Å². The summed E-state index contributed by atoms with van der Waals surface area (Å²) in [6, 6.07) is 7.63. The molecule has 0 spiro atoms. The van der Waals surface area contributed by atoms with E-state index in [9.17, 15) is 0 Å². The third-order valence-electron chi connectivity index (χ3n) is 2.80. The average Bonchev–Trinajstić information content (AvgIpc) is 2.92. The first-order valence-corrected chi connectivity index (χ1v) is 6.51. The van der Waals surface area contributed by atoms with Gasteiger partial charge in [-0.1, -0.05) is 19.1 Å². The number of hydrogen-bond donors (Lipinski definition) is 1. The first kappa shape index (κ1) is 13.5. The molecule has 1 aromatic heterocycles. The first-order valence-electron chi connectivity index (χ1n) is 6.51. The van der Waals surface area contributed by atoms with E-state index in [4.69, 9.17) is 9.15 Å². The van der Waals surface area contributed by atoms with Crippen molar-refractivity contribution in [1.82, 2.24) is 15.5 Å². The van der Waals surface area contributed by atoms with Crippen LogP contribution in [0.5, 0.6) is 5.75 Å². The monoisotopic (exact) mass is 261 g/mol. The quantitative estimate of drug-likeness (QED) is 0.775. The van der Waals surface area contributed by atoms with Crippen LogP contribution in [0.3, 0.4) is 0 Å². The second-order valence-corrected chi connectivity index (χ2v) is 4.16. The van der Waals surface area contributed by atoms with Crippen molar-refractivity contribution in [3.05, 3.63) is 30.2 Å². The number of rotatable bonds is 7. The molecule has 1 heterocycles. The number of methoxy groups -OCH3 is 1. The molecule has 19 heavy (non-hydrogen) atoms. The Labute approximate surface area is 113 Å². The lowest BCUT2D eigenvalue weighted by Crippen LogP contribution is -2.14. The molecule has 0 amide bonds. The molecule has 0 aliphatic heterocycles. The van der Waals surface area contributed by atoms with Crippen molar-refractivity contribution < 1.29 is 9.15 Å². The highest BCUT2D eigenvalue weighted by Gasteiger charge is 2.12. The predicted molar refractivity (Wildman–Crippen MR) is 73.2 cm³/mol. The molecule has 0 atom stereocenters. The summed E-state index contributed by atoms with van der Waals surface area (Å²) in [4.78, 5) is 0. The van der Waals surface area contributed by atoms with E-state index in [0.717, 1.165) is 37.2 Å². The van der Waals surface area contributed by atoms with Crippen LogP contribution in [0.15, 0.2) is 28.7 Å². The SMILES string of the molecule is CCNCCCc1nnc(-c2ccccc2OC)o1. The summed E-state index contributed by atoms with van der Waals surface area (Å²) in [6.07, 6.45) is 1.77. The first-order chi connectivity index (χ1) is 9.35. The summed E-state index contributed by atoms with van der Waals surface area (Å²) in [5.74, 6) is 1.92. The molecular formula is C14H19N3O2. The molecule has 0 unspecified atom stereocenters. The lowest BCUT2D eigenvalue weighted by atomic mass is 10.2. The Morgan fingerprint density at radius 3 is 2.89 bits per heavy atom. The van der Waals surface area contributed by atoms with Gasteiger partial charge >= 0.3 is 0 Å². The van der Waals surface area contributed by atoms with E-state index >= 15 is 0 Å². The van der Waals surface area contributed by atoms with E-state index in [2.05, 4.69) is 22.4 Å². The van der Waals surface area contributed by atoms with Crippen molar-refractivity contribution >= 4 is 0 Å². The number of nitrogens with one attached hydrogen (secondary N) is 1. The largest absolute Gasteiger partial charge is 0.496 e. The van der Waals surface area contributed by atoms with Crippen LogP contribution in [0, 0.1) is 0 Å². The molecule has 5 heteroatoms. The van der Waals surface area contributed by atoms with Crippen molar-refractivity contribution in [1.29, 1.82) is 0 Å². The van der Waals surface area contributed by atoms with Crippen LogP contribution in [0.25, 0.3) is 11.5 Å². The standard InChI is InChI=1S/C14H19N3O2/c1-3-15-10-6-9-13-16-17-14(19-13)11-7-4-5-8-12(11)18-2/h4-5,7-8,15H,3,6,9-10H2,1-2H3. The molecule has 0 bridgehead atoms. The second-order valence-electron chi connectivity index (χ2n) is 4.16. The molecule has 0 radical (unpaired) electrons. The molecule has 2 rings (SSSR count). The van der Waals surface area contributed by atoms with Crippen LogP contribution < -0.4 is 10.1 Å². The number of benzene rings is 1. The minimum atomic E-state index is 0.510. The molecule has 5 nitrogen and oxygen atoms in total. The van der Waals surface area contributed by atoms with E-state index in [-0.39, 0.29) is 0 Å². The summed E-state index contributed by atoms with van der Waals surface area (Å²) >= 11 is 0. The maximum Gasteiger partial charge on any atom is 0.251 e. The molecule has 0 fully saturated rings. The fraction of sp³-hybridized carbons (Fsp3) is 0.429. The third-order valence-corrected chi connectivity index (χ3v) is 2.80. The topological polar surface area (TPSA) is 60.2 Å². The average molecular weight is 261 g/mol. The smallest absolute Gasteiger partial charge is 0.251 e. The van der Waals surface area contributed by atoms with Crippen molar-refractivity contribution in [2.75, 3.05) is 20.2 Å². The van der Waals surface area contributed by atoms with E-state index in [0.29, 0.717) is 11.8 Å². The molecule has 1 N–H and O–H groups in total. The number of ether oxygens (including phenoxy) is 1. The predicted octanol–water partition coefficient (Wildman–Crippen LogP) is 2.29. The van der Waals surface area contributed by atoms with Gasteiger partial charge in [-0.2, -0.15) is 0 Å². The summed E-state index contributed by atoms with van der Waals surface area (Å²) in [6.45, 7) is 4.03. The van der Waals surface area contributed by atoms with Crippen molar-refractivity contribution in [2.24, 2.45) is 0 Å². The third kappa shape index (κ3) is 3.54. The van der Waals surface area contributed by atoms with E-state index < -0.39 is 0 Å². The van der Waals surface area contributed by atoms with Crippen LogP contribution in [-0.2, 0) is 6.42 Å². The summed E-state index contributed by atoms with van der Waals surface area (Å²) in [5.41, 5.74) is 0.829. The molecular weight excluding hydrogens is 242 g/mol. The van der Waals surface area contributed by atoms with Crippen LogP contribution >= 0.6 is 0 Å². The summed E-state index contributed by atoms with van der Waals surface area (Å²) in [5, 5.41) is 11.4. The van der Waals surface area contributed by atoms with Crippen molar-refractivity contribution in [2.45, 2.75) is 19.8 Å². The Morgan fingerprint density at radius 2 is 2.11 bits per heavy atom. The van der Waals surface area contributed by atoms with Gasteiger partial charge in [-0.15, -0.1) is 10.2 Å². The molecule has 1 aromatic carbocycles. The fourth-order valence-corrected chi connectivity index (χ4v) is 1.83. The lowest BCUT2D eigenvalue weighted by Gasteiger charge is -2.03. The van der Waals surface area contributed by atoms with E-state index in [1.807, 2.05) is 24.3 Å². The molecule has 102 valence electrons. The maximum absolute atomic E-state index is 5.66. The van der Waals surface area contributed by atoms with Gasteiger partial charge in [0.05, 0.1) is 12.7 Å².